The molecule has 0 aliphatic carbocycles. The molecule has 4 nitrogen and oxygen atoms in total. The van der Waals surface area contributed by atoms with Crippen LogP contribution in [0, 0.1) is 5.92 Å². The average molecular weight is 325 g/mol. The van der Waals surface area contributed by atoms with E-state index in [0.29, 0.717) is 24.6 Å². The van der Waals surface area contributed by atoms with E-state index in [1.54, 1.807) is 7.11 Å². The molecule has 1 atom stereocenters. The summed E-state index contributed by atoms with van der Waals surface area (Å²) in [5.41, 5.74) is 3.07. The van der Waals surface area contributed by atoms with Crippen molar-refractivity contribution in [3.05, 3.63) is 59.2 Å². The van der Waals surface area contributed by atoms with Gasteiger partial charge in [-0.3, -0.25) is 4.79 Å². The predicted octanol–water partition coefficient (Wildman–Crippen LogP) is 3.24. The Morgan fingerprint density at radius 1 is 1.29 bits per heavy atom. The lowest BCUT2D eigenvalue weighted by molar-refractivity contribution is 0.0955. The topological polar surface area (TPSA) is 47.6 Å². The van der Waals surface area contributed by atoms with Gasteiger partial charge in [-0.15, -0.1) is 0 Å². The molecule has 0 radical (unpaired) electrons. The number of hydrogen-bond acceptors (Lipinski definition) is 3. The minimum absolute atomic E-state index is 0.0191. The van der Waals surface area contributed by atoms with Crippen molar-refractivity contribution in [3.63, 3.8) is 0 Å². The molecule has 1 aliphatic heterocycles. The number of ether oxygens (including phenoxy) is 2. The van der Waals surface area contributed by atoms with Crippen LogP contribution in [-0.4, -0.2) is 26.2 Å². The number of rotatable bonds is 5. The van der Waals surface area contributed by atoms with Crippen LogP contribution >= 0.6 is 0 Å². The number of carbonyl (C=O) groups is 1. The molecule has 0 saturated heterocycles. The molecule has 0 aromatic heterocycles. The molecule has 126 valence electrons. The predicted molar refractivity (Wildman–Crippen MR) is 93.8 cm³/mol. The maximum Gasteiger partial charge on any atom is 0.251 e. The monoisotopic (exact) mass is 325 g/mol. The first-order chi connectivity index (χ1) is 11.7. The lowest BCUT2D eigenvalue weighted by Crippen LogP contribution is -2.24. The van der Waals surface area contributed by atoms with Gasteiger partial charge < -0.3 is 14.8 Å². The van der Waals surface area contributed by atoms with Crippen molar-refractivity contribution in [1.29, 1.82) is 0 Å². The van der Waals surface area contributed by atoms with Crippen LogP contribution in [0.15, 0.2) is 42.5 Å². The van der Waals surface area contributed by atoms with Crippen molar-refractivity contribution in [1.82, 2.24) is 5.32 Å². The van der Waals surface area contributed by atoms with E-state index in [9.17, 15) is 4.79 Å². The van der Waals surface area contributed by atoms with Crippen LogP contribution in [0.5, 0.6) is 11.5 Å². The first-order valence-electron chi connectivity index (χ1n) is 8.37. The van der Waals surface area contributed by atoms with Gasteiger partial charge in [-0.2, -0.15) is 0 Å². The van der Waals surface area contributed by atoms with Gasteiger partial charge in [0.25, 0.3) is 5.91 Å². The van der Waals surface area contributed by atoms with E-state index in [4.69, 9.17) is 9.47 Å². The lowest BCUT2D eigenvalue weighted by atomic mass is 9.90. The number of amides is 1. The standard InChI is InChI=1S/C20H23NO3/c1-3-21-20(22)17-8-4-6-14(11-17)10-15-12-16-7-5-9-18(23-2)19(16)24-13-15/h4-9,11,15H,3,10,12-13H2,1-2H3,(H,21,22)/t15-/m0/s1. The van der Waals surface area contributed by atoms with Crippen LogP contribution in [0.25, 0.3) is 0 Å². The van der Waals surface area contributed by atoms with Gasteiger partial charge in [0.05, 0.1) is 13.7 Å². The van der Waals surface area contributed by atoms with Crippen molar-refractivity contribution in [2.75, 3.05) is 20.3 Å². The summed E-state index contributed by atoms with van der Waals surface area (Å²) in [5.74, 6) is 2.04. The Kier molecular flexibility index (Phi) is 5.04. The first-order valence-corrected chi connectivity index (χ1v) is 8.37. The summed E-state index contributed by atoms with van der Waals surface area (Å²) in [6.45, 7) is 3.23. The molecule has 2 aromatic rings. The molecule has 2 aromatic carbocycles. The Morgan fingerprint density at radius 2 is 2.12 bits per heavy atom. The summed E-state index contributed by atoms with van der Waals surface area (Å²) in [4.78, 5) is 12.0. The maximum atomic E-state index is 12.0. The van der Waals surface area contributed by atoms with E-state index in [1.165, 1.54) is 11.1 Å². The highest BCUT2D eigenvalue weighted by Gasteiger charge is 2.23. The van der Waals surface area contributed by atoms with Crippen LogP contribution in [0.4, 0.5) is 0 Å². The Hall–Kier alpha value is -2.49. The van der Waals surface area contributed by atoms with Gasteiger partial charge in [-0.05, 0) is 49.1 Å². The zero-order valence-electron chi connectivity index (χ0n) is 14.2. The highest BCUT2D eigenvalue weighted by Crippen LogP contribution is 2.36. The third-order valence-electron chi connectivity index (χ3n) is 4.30. The van der Waals surface area contributed by atoms with E-state index in [1.807, 2.05) is 37.3 Å². The summed E-state index contributed by atoms with van der Waals surface area (Å²) in [6, 6.07) is 13.9. The van der Waals surface area contributed by atoms with Gasteiger partial charge in [0.2, 0.25) is 0 Å². The summed E-state index contributed by atoms with van der Waals surface area (Å²) in [6.07, 6.45) is 1.85. The molecule has 4 heteroatoms. The van der Waals surface area contributed by atoms with Crippen LogP contribution < -0.4 is 14.8 Å². The van der Waals surface area contributed by atoms with Crippen molar-refractivity contribution in [3.8, 4) is 11.5 Å². The fourth-order valence-electron chi connectivity index (χ4n) is 3.18. The van der Waals surface area contributed by atoms with Crippen molar-refractivity contribution in [2.24, 2.45) is 5.92 Å². The molecule has 0 spiro atoms. The molecule has 0 unspecified atom stereocenters. The smallest absolute Gasteiger partial charge is 0.251 e. The highest BCUT2D eigenvalue weighted by molar-refractivity contribution is 5.94. The number of methoxy groups -OCH3 is 1. The van der Waals surface area contributed by atoms with Crippen LogP contribution in [0.3, 0.4) is 0 Å². The Balaban J connectivity index is 1.71. The van der Waals surface area contributed by atoms with Crippen molar-refractivity contribution >= 4 is 5.91 Å². The van der Waals surface area contributed by atoms with E-state index in [-0.39, 0.29) is 5.91 Å². The number of hydrogen-bond donors (Lipinski definition) is 1. The number of benzene rings is 2. The first kappa shape index (κ1) is 16.4. The minimum atomic E-state index is -0.0191. The SMILES string of the molecule is CCNC(=O)c1cccc(C[C@@H]2COc3c(cccc3OC)C2)c1. The summed E-state index contributed by atoms with van der Waals surface area (Å²) in [5, 5.41) is 2.84. The van der Waals surface area contributed by atoms with Gasteiger partial charge in [-0.1, -0.05) is 24.3 Å². The van der Waals surface area contributed by atoms with Crippen molar-refractivity contribution in [2.45, 2.75) is 19.8 Å². The normalized spacial score (nSPS) is 16.0. The fraction of sp³-hybridized carbons (Fsp3) is 0.350. The second-order valence-corrected chi connectivity index (χ2v) is 6.09. The van der Waals surface area contributed by atoms with Gasteiger partial charge in [0.1, 0.15) is 0 Å². The van der Waals surface area contributed by atoms with E-state index in [2.05, 4.69) is 17.4 Å². The second-order valence-electron chi connectivity index (χ2n) is 6.09. The molecule has 1 N–H and O–H groups in total. The average Bonchev–Trinajstić information content (AvgIpc) is 2.61. The molecular formula is C20H23NO3. The third-order valence-corrected chi connectivity index (χ3v) is 4.30. The molecular weight excluding hydrogens is 302 g/mol. The zero-order valence-corrected chi connectivity index (χ0v) is 14.2. The summed E-state index contributed by atoms with van der Waals surface area (Å²) in [7, 11) is 1.66. The van der Waals surface area contributed by atoms with Gasteiger partial charge in [-0.25, -0.2) is 0 Å². The van der Waals surface area contributed by atoms with E-state index in [0.717, 1.165) is 24.3 Å². The molecule has 0 saturated carbocycles. The second kappa shape index (κ2) is 7.39. The summed E-state index contributed by atoms with van der Waals surface area (Å²) < 4.78 is 11.3. The Morgan fingerprint density at radius 3 is 2.92 bits per heavy atom. The van der Waals surface area contributed by atoms with E-state index >= 15 is 0 Å². The van der Waals surface area contributed by atoms with E-state index < -0.39 is 0 Å². The van der Waals surface area contributed by atoms with Gasteiger partial charge in [0.15, 0.2) is 11.5 Å². The third kappa shape index (κ3) is 3.53. The van der Waals surface area contributed by atoms with Crippen LogP contribution in [-0.2, 0) is 12.8 Å². The lowest BCUT2D eigenvalue weighted by Gasteiger charge is -2.26. The number of nitrogens with one attached hydrogen (secondary N) is 1. The van der Waals surface area contributed by atoms with Crippen molar-refractivity contribution < 1.29 is 14.3 Å². The number of carbonyl (C=O) groups excluding carboxylic acids is 1. The van der Waals surface area contributed by atoms with Gasteiger partial charge >= 0.3 is 0 Å². The molecule has 3 rings (SSSR count). The largest absolute Gasteiger partial charge is 0.493 e. The molecule has 1 amide bonds. The molecule has 24 heavy (non-hydrogen) atoms. The summed E-state index contributed by atoms with van der Waals surface area (Å²) >= 11 is 0. The fourth-order valence-corrected chi connectivity index (χ4v) is 3.18. The van der Waals surface area contributed by atoms with Gasteiger partial charge in [0, 0.05) is 18.0 Å². The molecule has 1 aliphatic rings. The Labute approximate surface area is 142 Å². The Bertz CT molecular complexity index is 727. The number of fused-ring (bicyclic) bond motifs is 1. The minimum Gasteiger partial charge on any atom is -0.493 e. The zero-order chi connectivity index (χ0) is 16.9. The number of para-hydroxylation sites is 1. The van der Waals surface area contributed by atoms with Crippen LogP contribution in [0.1, 0.15) is 28.4 Å². The highest BCUT2D eigenvalue weighted by atomic mass is 16.5. The van der Waals surface area contributed by atoms with Crippen LogP contribution in [0.2, 0.25) is 0 Å². The maximum absolute atomic E-state index is 12.0. The molecule has 0 bridgehead atoms. The molecule has 1 heterocycles. The molecule has 0 fully saturated rings. The quantitative estimate of drug-likeness (QED) is 0.918.